The molecule has 0 spiro atoms. The first-order valence-electron chi connectivity index (χ1n) is 9.84. The predicted octanol–water partition coefficient (Wildman–Crippen LogP) is 5.32. The van der Waals surface area contributed by atoms with E-state index in [9.17, 15) is 9.59 Å². The van der Waals surface area contributed by atoms with Crippen LogP contribution in [0.2, 0.25) is 0 Å². The Morgan fingerprint density at radius 3 is 2.30 bits per heavy atom. The van der Waals surface area contributed by atoms with Gasteiger partial charge in [-0.3, -0.25) is 9.59 Å². The van der Waals surface area contributed by atoms with Crippen LogP contribution in [-0.4, -0.2) is 11.8 Å². The molecule has 3 aromatic rings. The number of rotatable bonds is 6. The summed E-state index contributed by atoms with van der Waals surface area (Å²) in [5.41, 5.74) is 5.15. The molecule has 5 heteroatoms. The molecule has 0 saturated carbocycles. The second-order valence-corrected chi connectivity index (χ2v) is 8.43. The lowest BCUT2D eigenvalue weighted by atomic mass is 10.0. The van der Waals surface area contributed by atoms with Crippen molar-refractivity contribution in [2.75, 3.05) is 0 Å². The van der Waals surface area contributed by atoms with Crippen molar-refractivity contribution in [2.45, 2.75) is 33.7 Å². The van der Waals surface area contributed by atoms with Gasteiger partial charge in [0.05, 0.1) is 6.04 Å². The summed E-state index contributed by atoms with van der Waals surface area (Å²) in [6, 6.07) is 17.0. The third-order valence-electron chi connectivity index (χ3n) is 4.88. The molecule has 0 fully saturated rings. The summed E-state index contributed by atoms with van der Waals surface area (Å²) in [7, 11) is 0. The quantitative estimate of drug-likeness (QED) is 0.532. The molecule has 2 aromatic carbocycles. The third-order valence-corrected chi connectivity index (χ3v) is 5.70. The van der Waals surface area contributed by atoms with Gasteiger partial charge < -0.3 is 10.6 Å². The van der Waals surface area contributed by atoms with E-state index in [0.29, 0.717) is 5.56 Å². The topological polar surface area (TPSA) is 58.2 Å². The van der Waals surface area contributed by atoms with Crippen molar-refractivity contribution in [1.29, 1.82) is 0 Å². The van der Waals surface area contributed by atoms with E-state index in [2.05, 4.69) is 16.7 Å². The van der Waals surface area contributed by atoms with Gasteiger partial charge in [0.2, 0.25) is 0 Å². The highest BCUT2D eigenvalue weighted by Crippen LogP contribution is 2.20. The molecule has 0 bridgehead atoms. The average molecular weight is 419 g/mol. The SMILES string of the molecule is Cc1ccc(C(=O)N/C(=C\c2cccs2)C(=O)N[C@@H](C)c2ccc(C)cc2C)cc1. The molecule has 0 unspecified atom stereocenters. The third kappa shape index (κ3) is 5.45. The Bertz CT molecular complexity index is 1070. The van der Waals surface area contributed by atoms with Crippen LogP contribution in [0.25, 0.3) is 6.08 Å². The summed E-state index contributed by atoms with van der Waals surface area (Å²) in [6.45, 7) is 7.99. The standard InChI is InChI=1S/C25H26N2O2S/c1-16-7-10-20(11-8-16)24(28)27-23(15-21-6-5-13-30-21)25(29)26-19(4)22-12-9-17(2)14-18(22)3/h5-15,19H,1-4H3,(H,26,29)(H,27,28)/b23-15-/t19-/m0/s1. The normalized spacial score (nSPS) is 12.3. The molecular weight excluding hydrogens is 392 g/mol. The van der Waals surface area contributed by atoms with E-state index in [1.807, 2.05) is 69.5 Å². The Hall–Kier alpha value is -3.18. The minimum Gasteiger partial charge on any atom is -0.344 e. The zero-order chi connectivity index (χ0) is 21.7. The van der Waals surface area contributed by atoms with Gasteiger partial charge in [0.1, 0.15) is 5.70 Å². The molecule has 1 atom stereocenters. The van der Waals surface area contributed by atoms with Crippen molar-refractivity contribution in [3.8, 4) is 0 Å². The molecule has 154 valence electrons. The average Bonchev–Trinajstić information content (AvgIpc) is 3.21. The highest BCUT2D eigenvalue weighted by molar-refractivity contribution is 7.10. The number of benzene rings is 2. The maximum atomic E-state index is 13.1. The first-order chi connectivity index (χ1) is 14.3. The monoisotopic (exact) mass is 418 g/mol. The van der Waals surface area contributed by atoms with Crippen LogP contribution >= 0.6 is 11.3 Å². The summed E-state index contributed by atoms with van der Waals surface area (Å²) in [5, 5.41) is 7.74. The minimum atomic E-state index is -0.323. The molecule has 0 radical (unpaired) electrons. The Morgan fingerprint density at radius 2 is 1.67 bits per heavy atom. The molecule has 2 N–H and O–H groups in total. The fraction of sp³-hybridized carbons (Fsp3) is 0.200. The summed E-state index contributed by atoms with van der Waals surface area (Å²) in [6.07, 6.45) is 1.71. The van der Waals surface area contributed by atoms with Crippen LogP contribution in [-0.2, 0) is 4.79 Å². The second-order valence-electron chi connectivity index (χ2n) is 7.45. The van der Waals surface area contributed by atoms with Gasteiger partial charge in [0, 0.05) is 10.4 Å². The molecule has 1 aromatic heterocycles. The second kappa shape index (κ2) is 9.55. The maximum absolute atomic E-state index is 13.1. The summed E-state index contributed by atoms with van der Waals surface area (Å²) in [5.74, 6) is -0.636. The van der Waals surface area contributed by atoms with Gasteiger partial charge in [-0.05, 0) is 68.5 Å². The van der Waals surface area contributed by atoms with Crippen LogP contribution in [0.4, 0.5) is 0 Å². The highest BCUT2D eigenvalue weighted by atomic mass is 32.1. The Labute approximate surface area is 181 Å². The lowest BCUT2D eigenvalue weighted by Crippen LogP contribution is -2.36. The molecule has 0 aliphatic carbocycles. The number of nitrogens with one attached hydrogen (secondary N) is 2. The van der Waals surface area contributed by atoms with Crippen molar-refractivity contribution >= 4 is 29.2 Å². The molecule has 4 nitrogen and oxygen atoms in total. The van der Waals surface area contributed by atoms with E-state index < -0.39 is 0 Å². The van der Waals surface area contributed by atoms with Crippen molar-refractivity contribution in [3.05, 3.63) is 98.4 Å². The van der Waals surface area contributed by atoms with Gasteiger partial charge in [-0.15, -0.1) is 11.3 Å². The van der Waals surface area contributed by atoms with E-state index in [4.69, 9.17) is 0 Å². The smallest absolute Gasteiger partial charge is 0.268 e. The summed E-state index contributed by atoms with van der Waals surface area (Å²) >= 11 is 1.51. The first kappa shape index (κ1) is 21.5. The van der Waals surface area contributed by atoms with Crippen LogP contribution in [0.15, 0.2) is 65.7 Å². The largest absolute Gasteiger partial charge is 0.344 e. The zero-order valence-corrected chi connectivity index (χ0v) is 18.5. The number of amides is 2. The van der Waals surface area contributed by atoms with Crippen molar-refractivity contribution in [2.24, 2.45) is 0 Å². The molecular formula is C25H26N2O2S. The predicted molar refractivity (Wildman–Crippen MR) is 123 cm³/mol. The summed E-state index contributed by atoms with van der Waals surface area (Å²) in [4.78, 5) is 26.7. The van der Waals surface area contributed by atoms with Crippen LogP contribution < -0.4 is 10.6 Å². The Balaban J connectivity index is 1.82. The van der Waals surface area contributed by atoms with Gasteiger partial charge in [0.25, 0.3) is 11.8 Å². The number of carbonyl (C=O) groups excluding carboxylic acids is 2. The van der Waals surface area contributed by atoms with Gasteiger partial charge in [-0.2, -0.15) is 0 Å². The van der Waals surface area contributed by atoms with E-state index in [1.54, 1.807) is 18.2 Å². The lowest BCUT2D eigenvalue weighted by Gasteiger charge is -2.18. The first-order valence-corrected chi connectivity index (χ1v) is 10.7. The molecule has 2 amide bonds. The van der Waals surface area contributed by atoms with Crippen LogP contribution in [0.1, 0.15) is 50.5 Å². The fourth-order valence-electron chi connectivity index (χ4n) is 3.24. The van der Waals surface area contributed by atoms with Gasteiger partial charge in [-0.25, -0.2) is 0 Å². The van der Waals surface area contributed by atoms with Gasteiger partial charge >= 0.3 is 0 Å². The fourth-order valence-corrected chi connectivity index (χ4v) is 3.89. The Morgan fingerprint density at radius 1 is 0.967 bits per heavy atom. The van der Waals surface area contributed by atoms with E-state index in [0.717, 1.165) is 21.6 Å². The van der Waals surface area contributed by atoms with E-state index in [1.165, 1.54) is 16.9 Å². The highest BCUT2D eigenvalue weighted by Gasteiger charge is 2.18. The van der Waals surface area contributed by atoms with Crippen molar-refractivity contribution < 1.29 is 9.59 Å². The molecule has 0 aliphatic heterocycles. The Kier molecular flexibility index (Phi) is 6.85. The van der Waals surface area contributed by atoms with Crippen molar-refractivity contribution in [1.82, 2.24) is 10.6 Å². The molecule has 3 rings (SSSR count). The lowest BCUT2D eigenvalue weighted by molar-refractivity contribution is -0.118. The van der Waals surface area contributed by atoms with Crippen LogP contribution in [0.5, 0.6) is 0 Å². The van der Waals surface area contributed by atoms with Crippen LogP contribution in [0.3, 0.4) is 0 Å². The molecule has 0 saturated heterocycles. The van der Waals surface area contributed by atoms with E-state index in [-0.39, 0.29) is 23.6 Å². The molecule has 0 aliphatic rings. The summed E-state index contributed by atoms with van der Waals surface area (Å²) < 4.78 is 0. The van der Waals surface area contributed by atoms with Gasteiger partial charge in [0.15, 0.2) is 0 Å². The number of hydrogen-bond acceptors (Lipinski definition) is 3. The minimum absolute atomic E-state index is 0.193. The molecule has 1 heterocycles. The maximum Gasteiger partial charge on any atom is 0.268 e. The van der Waals surface area contributed by atoms with Gasteiger partial charge in [-0.1, -0.05) is 47.5 Å². The van der Waals surface area contributed by atoms with Crippen molar-refractivity contribution in [3.63, 3.8) is 0 Å². The molecule has 30 heavy (non-hydrogen) atoms. The number of hydrogen-bond donors (Lipinski definition) is 2. The zero-order valence-electron chi connectivity index (χ0n) is 17.7. The van der Waals surface area contributed by atoms with E-state index >= 15 is 0 Å². The van der Waals surface area contributed by atoms with Crippen LogP contribution in [0, 0.1) is 20.8 Å². The number of thiophene rings is 1. The number of aryl methyl sites for hydroxylation is 3. The number of carbonyl (C=O) groups is 2.